The number of pyridine rings is 2. The van der Waals surface area contributed by atoms with E-state index in [9.17, 15) is 34.6 Å². The van der Waals surface area contributed by atoms with Gasteiger partial charge in [-0.3, -0.25) is 24.8 Å². The summed E-state index contributed by atoms with van der Waals surface area (Å²) in [5.74, 6) is 0. The average Bonchev–Trinajstić information content (AvgIpc) is 2.84. The Morgan fingerprint density at radius 3 is 1.89 bits per heavy atom. The summed E-state index contributed by atoms with van der Waals surface area (Å²) in [7, 11) is -4.39. The number of nitro groups is 2. The molecule has 4 aromatic rings. The molecule has 0 amide bonds. The van der Waals surface area contributed by atoms with E-state index in [2.05, 4.69) is 0 Å². The first-order valence-electron chi connectivity index (χ1n) is 10.2. The zero-order valence-corrected chi connectivity index (χ0v) is 21.2. The molecule has 14 heteroatoms. The Labute approximate surface area is 222 Å². The number of hydrogen-bond acceptors (Lipinski definition) is 5. The lowest BCUT2D eigenvalue weighted by Crippen LogP contribution is -3.00. The van der Waals surface area contributed by atoms with E-state index in [1.54, 1.807) is 59.7 Å². The van der Waals surface area contributed by atoms with E-state index in [-0.39, 0.29) is 53.7 Å². The standard InChI is InChI=1S/C23H17N4O7P.2ClH/c28-26(29)20-5-6-21(22(15-20)27(30)31)25-13-9-18(10-14-25)17-7-11-24(12-8-17)16-19-3-1-2-4-23(19)35(32,33)34;;/h1-15H,16H2;2*1H. The van der Waals surface area contributed by atoms with E-state index in [4.69, 9.17) is 0 Å². The molecule has 0 saturated heterocycles. The molecule has 0 radical (unpaired) electrons. The largest absolute Gasteiger partial charge is 1.00 e. The first kappa shape index (κ1) is 29.5. The van der Waals surface area contributed by atoms with E-state index in [1.807, 2.05) is 12.1 Å². The molecular formula is C23H19Cl2N4O7P. The molecule has 192 valence electrons. The number of non-ortho nitro benzene ring substituents is 1. The normalized spacial score (nSPS) is 10.6. The van der Waals surface area contributed by atoms with Crippen LogP contribution >= 0.6 is 7.60 Å². The lowest BCUT2D eigenvalue weighted by atomic mass is 10.1. The van der Waals surface area contributed by atoms with Gasteiger partial charge in [-0.05, 0) is 17.2 Å². The van der Waals surface area contributed by atoms with Crippen molar-refractivity contribution in [1.29, 1.82) is 0 Å². The second kappa shape index (κ2) is 12.0. The fourth-order valence-electron chi connectivity index (χ4n) is 3.65. The van der Waals surface area contributed by atoms with E-state index in [0.717, 1.165) is 17.2 Å². The minimum atomic E-state index is -4.39. The number of nitrogens with zero attached hydrogens (tertiary/aromatic N) is 4. The van der Waals surface area contributed by atoms with Gasteiger partial charge in [0.05, 0.1) is 15.2 Å². The molecule has 0 aliphatic rings. The van der Waals surface area contributed by atoms with Crippen LogP contribution in [0.5, 0.6) is 0 Å². The number of nitro benzene ring substituents is 2. The summed E-state index contributed by atoms with van der Waals surface area (Å²) < 4.78 is 15.0. The smallest absolute Gasteiger partial charge is 0.356 e. The van der Waals surface area contributed by atoms with Gasteiger partial charge in [0.25, 0.3) is 11.4 Å². The molecule has 11 nitrogen and oxygen atoms in total. The van der Waals surface area contributed by atoms with E-state index >= 15 is 0 Å². The molecule has 0 saturated carbocycles. The van der Waals surface area contributed by atoms with Gasteiger partial charge in [0.2, 0.25) is 0 Å². The van der Waals surface area contributed by atoms with Crippen molar-refractivity contribution in [1.82, 2.24) is 0 Å². The highest BCUT2D eigenvalue weighted by molar-refractivity contribution is 7.60. The molecule has 37 heavy (non-hydrogen) atoms. The predicted molar refractivity (Wildman–Crippen MR) is 124 cm³/mol. The third-order valence-electron chi connectivity index (χ3n) is 5.36. The molecule has 2 aromatic heterocycles. The van der Waals surface area contributed by atoms with Crippen molar-refractivity contribution < 1.29 is 58.1 Å². The van der Waals surface area contributed by atoms with Gasteiger partial charge < -0.3 is 34.6 Å². The van der Waals surface area contributed by atoms with Crippen LogP contribution in [0.25, 0.3) is 16.8 Å². The van der Waals surface area contributed by atoms with E-state index in [0.29, 0.717) is 5.56 Å². The minimum absolute atomic E-state index is 0. The van der Waals surface area contributed by atoms with Gasteiger partial charge in [-0.25, -0.2) is 4.57 Å². The molecule has 0 aliphatic heterocycles. The van der Waals surface area contributed by atoms with E-state index in [1.165, 1.54) is 22.8 Å². The second-order valence-electron chi connectivity index (χ2n) is 7.61. The van der Waals surface area contributed by atoms with Crippen LogP contribution in [0, 0.1) is 20.2 Å². The van der Waals surface area contributed by atoms with Crippen LogP contribution < -0.4 is 39.3 Å². The maximum Gasteiger partial charge on any atom is 0.356 e. The van der Waals surface area contributed by atoms with Gasteiger partial charge in [0.1, 0.15) is 6.07 Å². The maximum atomic E-state index is 11.7. The molecule has 0 bridgehead atoms. The number of halogens is 2. The molecule has 0 atom stereocenters. The van der Waals surface area contributed by atoms with Crippen molar-refractivity contribution in [2.75, 3.05) is 0 Å². The number of rotatable bonds is 7. The summed E-state index contributed by atoms with van der Waals surface area (Å²) in [6.07, 6.45) is 6.82. The molecular weight excluding hydrogens is 546 g/mol. The average molecular weight is 565 g/mol. The Morgan fingerprint density at radius 1 is 0.784 bits per heavy atom. The monoisotopic (exact) mass is 564 g/mol. The fourth-order valence-corrected chi connectivity index (χ4v) is 4.45. The highest BCUT2D eigenvalue weighted by Crippen LogP contribution is 2.34. The second-order valence-corrected chi connectivity index (χ2v) is 9.18. The topological polar surface area (TPSA) is 152 Å². The van der Waals surface area contributed by atoms with Crippen molar-refractivity contribution in [2.24, 2.45) is 0 Å². The van der Waals surface area contributed by atoms with Crippen molar-refractivity contribution >= 4 is 24.3 Å². The first-order chi connectivity index (χ1) is 16.6. The van der Waals surface area contributed by atoms with Crippen LogP contribution in [0.1, 0.15) is 5.56 Å². The van der Waals surface area contributed by atoms with Crippen LogP contribution in [-0.2, 0) is 11.1 Å². The number of aromatic nitrogens is 2. The lowest BCUT2D eigenvalue weighted by molar-refractivity contribution is -0.688. The zero-order valence-electron chi connectivity index (χ0n) is 18.8. The summed E-state index contributed by atoms with van der Waals surface area (Å²) >= 11 is 0. The zero-order chi connectivity index (χ0) is 25.2. The third-order valence-corrected chi connectivity index (χ3v) is 6.42. The van der Waals surface area contributed by atoms with Crippen LogP contribution in [0.3, 0.4) is 0 Å². The van der Waals surface area contributed by atoms with Gasteiger partial charge in [-0.15, -0.1) is 0 Å². The van der Waals surface area contributed by atoms with Crippen LogP contribution in [0.4, 0.5) is 11.4 Å². The Morgan fingerprint density at radius 2 is 1.35 bits per heavy atom. The maximum absolute atomic E-state index is 11.7. The third kappa shape index (κ3) is 6.73. The Balaban J connectivity index is 0.00000241. The van der Waals surface area contributed by atoms with Crippen LogP contribution in [0.2, 0.25) is 0 Å². The van der Waals surface area contributed by atoms with Crippen molar-refractivity contribution in [3.8, 4) is 16.8 Å². The van der Waals surface area contributed by atoms with Gasteiger partial charge in [0.15, 0.2) is 31.3 Å². The fraction of sp³-hybridized carbons (Fsp3) is 0.0435. The highest BCUT2D eigenvalue weighted by atomic mass is 35.5. The number of hydrogen-bond donors (Lipinski definition) is 2. The summed E-state index contributed by atoms with van der Waals surface area (Å²) in [5, 5.41) is 22.4. The van der Waals surface area contributed by atoms with Crippen LogP contribution in [-0.4, -0.2) is 19.6 Å². The molecule has 2 heterocycles. The summed E-state index contributed by atoms with van der Waals surface area (Å²) in [5.41, 5.74) is 1.65. The Kier molecular flexibility index (Phi) is 9.57. The molecule has 4 rings (SSSR count). The first-order valence-corrected chi connectivity index (χ1v) is 11.8. The summed E-state index contributed by atoms with van der Waals surface area (Å²) in [4.78, 5) is 40.2. The summed E-state index contributed by atoms with van der Waals surface area (Å²) in [6, 6.07) is 17.1. The molecule has 2 N–H and O–H groups in total. The highest BCUT2D eigenvalue weighted by Gasteiger charge is 2.26. The van der Waals surface area contributed by atoms with Gasteiger partial charge >= 0.3 is 13.3 Å². The Bertz CT molecular complexity index is 1480. The molecule has 0 spiro atoms. The lowest BCUT2D eigenvalue weighted by Gasteiger charge is -2.08. The Hall–Kier alpha value is -3.73. The molecule has 2 aromatic carbocycles. The van der Waals surface area contributed by atoms with E-state index < -0.39 is 17.4 Å². The number of benzene rings is 2. The van der Waals surface area contributed by atoms with Crippen molar-refractivity contribution in [3.63, 3.8) is 0 Å². The van der Waals surface area contributed by atoms with Gasteiger partial charge in [-0.2, -0.15) is 4.57 Å². The van der Waals surface area contributed by atoms with Crippen molar-refractivity contribution in [3.05, 3.63) is 117 Å². The predicted octanol–water partition coefficient (Wildman–Crippen LogP) is -3.41. The molecule has 0 unspecified atom stereocenters. The molecule has 0 aliphatic carbocycles. The SMILES string of the molecule is O=[N+]([O-])c1ccc(-[n+]2ccc(-c3cc[n+](Cc4ccccc4P(=O)(O)O)cc3)cc2)c([N+](=O)[O-])c1.[Cl-].[Cl-]. The van der Waals surface area contributed by atoms with Gasteiger partial charge in [-0.1, -0.05) is 18.2 Å². The van der Waals surface area contributed by atoms with Crippen molar-refractivity contribution in [2.45, 2.75) is 6.54 Å². The summed E-state index contributed by atoms with van der Waals surface area (Å²) in [6.45, 7) is 0.278. The van der Waals surface area contributed by atoms with Crippen LogP contribution in [0.15, 0.2) is 91.5 Å². The quantitative estimate of drug-likeness (QED) is 0.103. The molecule has 0 fully saturated rings. The minimum Gasteiger partial charge on any atom is -1.00 e. The van der Waals surface area contributed by atoms with Gasteiger partial charge in [0, 0.05) is 42.0 Å².